The van der Waals surface area contributed by atoms with Crippen LogP contribution in [-0.4, -0.2) is 18.1 Å². The molecule has 1 heterocycles. The van der Waals surface area contributed by atoms with Crippen LogP contribution < -0.4 is 10.1 Å². The summed E-state index contributed by atoms with van der Waals surface area (Å²) in [5, 5.41) is 15.1. The third kappa shape index (κ3) is 2.27. The summed E-state index contributed by atoms with van der Waals surface area (Å²) in [6.45, 7) is 0. The van der Waals surface area contributed by atoms with Crippen molar-refractivity contribution < 1.29 is 14.6 Å². The Hall–Kier alpha value is -3.01. The molecule has 120 valence electrons. The van der Waals surface area contributed by atoms with Gasteiger partial charge in [0, 0.05) is 18.0 Å². The molecule has 1 aliphatic heterocycles. The third-order valence-corrected chi connectivity index (χ3v) is 4.59. The number of aromatic hydroxyl groups is 1. The van der Waals surface area contributed by atoms with Crippen LogP contribution in [0.25, 0.3) is 10.8 Å². The smallest absolute Gasteiger partial charge is 0.225 e. The van der Waals surface area contributed by atoms with Crippen molar-refractivity contribution in [2.24, 2.45) is 0 Å². The standard InChI is InChI=1S/C20H17NO3/c1-24-18-10-13(7-9-17(18)22)15-11-19(23)21-16-8-6-12-4-2-3-5-14(12)20(15)16/h2-10,15,22H,11H2,1H3,(H,21,23)/t15-/m1/s1. The Bertz CT molecular complexity index is 949. The van der Waals surface area contributed by atoms with Crippen LogP contribution in [0.4, 0.5) is 5.69 Å². The molecule has 0 fully saturated rings. The number of rotatable bonds is 2. The van der Waals surface area contributed by atoms with Gasteiger partial charge in [0.15, 0.2) is 11.5 Å². The highest BCUT2D eigenvalue weighted by molar-refractivity contribution is 6.01. The molecule has 3 aromatic carbocycles. The molecule has 0 saturated heterocycles. The lowest BCUT2D eigenvalue weighted by atomic mass is 9.82. The van der Waals surface area contributed by atoms with Crippen molar-refractivity contribution in [1.82, 2.24) is 0 Å². The van der Waals surface area contributed by atoms with E-state index < -0.39 is 0 Å². The molecule has 2 N–H and O–H groups in total. The van der Waals surface area contributed by atoms with Crippen LogP contribution in [0.15, 0.2) is 54.6 Å². The number of carbonyl (C=O) groups excluding carboxylic acids is 1. The van der Waals surface area contributed by atoms with E-state index in [-0.39, 0.29) is 17.6 Å². The van der Waals surface area contributed by atoms with Crippen LogP contribution >= 0.6 is 0 Å². The van der Waals surface area contributed by atoms with Crippen molar-refractivity contribution in [3.63, 3.8) is 0 Å². The predicted molar refractivity (Wildman–Crippen MR) is 93.7 cm³/mol. The molecule has 0 aliphatic carbocycles. The van der Waals surface area contributed by atoms with Gasteiger partial charge in [-0.1, -0.05) is 36.4 Å². The van der Waals surface area contributed by atoms with Crippen molar-refractivity contribution in [3.05, 3.63) is 65.7 Å². The molecular weight excluding hydrogens is 302 g/mol. The summed E-state index contributed by atoms with van der Waals surface area (Å²) < 4.78 is 5.23. The first-order chi connectivity index (χ1) is 11.7. The van der Waals surface area contributed by atoms with Crippen LogP contribution in [0.5, 0.6) is 11.5 Å². The molecule has 1 aliphatic rings. The third-order valence-electron chi connectivity index (χ3n) is 4.59. The van der Waals surface area contributed by atoms with Crippen LogP contribution in [0.3, 0.4) is 0 Å². The number of fused-ring (bicyclic) bond motifs is 3. The quantitative estimate of drug-likeness (QED) is 0.750. The highest BCUT2D eigenvalue weighted by Gasteiger charge is 2.28. The highest BCUT2D eigenvalue weighted by Crippen LogP contribution is 2.43. The van der Waals surface area contributed by atoms with Crippen LogP contribution in [-0.2, 0) is 4.79 Å². The molecule has 4 nitrogen and oxygen atoms in total. The summed E-state index contributed by atoms with van der Waals surface area (Å²) in [4.78, 5) is 12.2. The average Bonchev–Trinajstić information content (AvgIpc) is 2.61. The van der Waals surface area contributed by atoms with Gasteiger partial charge in [-0.3, -0.25) is 4.79 Å². The second kappa shape index (κ2) is 5.57. The van der Waals surface area contributed by atoms with Gasteiger partial charge < -0.3 is 15.2 Å². The highest BCUT2D eigenvalue weighted by atomic mass is 16.5. The molecule has 0 bridgehead atoms. The summed E-state index contributed by atoms with van der Waals surface area (Å²) in [6.07, 6.45) is 0.370. The number of ether oxygens (including phenoxy) is 1. The summed E-state index contributed by atoms with van der Waals surface area (Å²) in [5.74, 6) is 0.434. The molecule has 3 aromatic rings. The Morgan fingerprint density at radius 2 is 1.96 bits per heavy atom. The molecule has 1 atom stereocenters. The van der Waals surface area contributed by atoms with E-state index in [2.05, 4.69) is 17.4 Å². The zero-order valence-corrected chi connectivity index (χ0v) is 13.2. The first-order valence-corrected chi connectivity index (χ1v) is 7.86. The van der Waals surface area contributed by atoms with E-state index in [4.69, 9.17) is 4.74 Å². The Labute approximate surface area is 139 Å². The second-order valence-corrected chi connectivity index (χ2v) is 5.98. The predicted octanol–water partition coefficient (Wildman–Crippen LogP) is 4.03. The minimum atomic E-state index is -0.0747. The lowest BCUT2D eigenvalue weighted by Crippen LogP contribution is -2.23. The molecule has 0 aromatic heterocycles. The van der Waals surface area contributed by atoms with Crippen molar-refractivity contribution >= 4 is 22.4 Å². The molecule has 0 radical (unpaired) electrons. The van der Waals surface area contributed by atoms with Crippen molar-refractivity contribution in [3.8, 4) is 11.5 Å². The molecule has 4 rings (SSSR count). The fourth-order valence-electron chi connectivity index (χ4n) is 3.46. The number of hydrogen-bond acceptors (Lipinski definition) is 3. The Morgan fingerprint density at radius 3 is 2.79 bits per heavy atom. The van der Waals surface area contributed by atoms with Gasteiger partial charge in [-0.05, 0) is 40.1 Å². The molecule has 0 spiro atoms. The zero-order valence-electron chi connectivity index (χ0n) is 13.2. The average molecular weight is 319 g/mol. The topological polar surface area (TPSA) is 58.6 Å². The minimum Gasteiger partial charge on any atom is -0.504 e. The van der Waals surface area contributed by atoms with Gasteiger partial charge in [-0.2, -0.15) is 0 Å². The number of phenols is 1. The van der Waals surface area contributed by atoms with E-state index in [1.54, 1.807) is 6.07 Å². The van der Waals surface area contributed by atoms with Gasteiger partial charge in [0.05, 0.1) is 7.11 Å². The monoisotopic (exact) mass is 319 g/mol. The van der Waals surface area contributed by atoms with Gasteiger partial charge in [-0.15, -0.1) is 0 Å². The number of hydrogen-bond donors (Lipinski definition) is 2. The molecular formula is C20H17NO3. The Kier molecular flexibility index (Phi) is 3.38. The maximum absolute atomic E-state index is 12.2. The zero-order chi connectivity index (χ0) is 16.7. The molecule has 4 heteroatoms. The number of benzene rings is 3. The lowest BCUT2D eigenvalue weighted by molar-refractivity contribution is -0.116. The van der Waals surface area contributed by atoms with Gasteiger partial charge >= 0.3 is 0 Å². The molecule has 0 unspecified atom stereocenters. The van der Waals surface area contributed by atoms with Gasteiger partial charge in [0.25, 0.3) is 0 Å². The van der Waals surface area contributed by atoms with Crippen molar-refractivity contribution in [1.29, 1.82) is 0 Å². The fraction of sp³-hybridized carbons (Fsp3) is 0.150. The number of carbonyl (C=O) groups is 1. The number of nitrogens with one attached hydrogen (secondary N) is 1. The van der Waals surface area contributed by atoms with Crippen LogP contribution in [0.2, 0.25) is 0 Å². The van der Waals surface area contributed by atoms with Crippen molar-refractivity contribution in [2.75, 3.05) is 12.4 Å². The fourth-order valence-corrected chi connectivity index (χ4v) is 3.46. The summed E-state index contributed by atoms with van der Waals surface area (Å²) in [6, 6.07) is 17.4. The molecule has 24 heavy (non-hydrogen) atoms. The van der Waals surface area contributed by atoms with Gasteiger partial charge in [0.1, 0.15) is 0 Å². The lowest BCUT2D eigenvalue weighted by Gasteiger charge is -2.28. The maximum atomic E-state index is 12.2. The number of methoxy groups -OCH3 is 1. The van der Waals surface area contributed by atoms with Gasteiger partial charge in [-0.25, -0.2) is 0 Å². The van der Waals surface area contributed by atoms with E-state index >= 15 is 0 Å². The van der Waals surface area contributed by atoms with E-state index in [0.29, 0.717) is 12.2 Å². The van der Waals surface area contributed by atoms with E-state index in [1.807, 2.05) is 36.4 Å². The van der Waals surface area contributed by atoms with Crippen molar-refractivity contribution in [2.45, 2.75) is 12.3 Å². The summed E-state index contributed by atoms with van der Waals surface area (Å²) >= 11 is 0. The first kappa shape index (κ1) is 14.6. The molecule has 1 amide bonds. The largest absolute Gasteiger partial charge is 0.504 e. The first-order valence-electron chi connectivity index (χ1n) is 7.86. The Morgan fingerprint density at radius 1 is 1.12 bits per heavy atom. The summed E-state index contributed by atoms with van der Waals surface area (Å²) in [7, 11) is 1.52. The maximum Gasteiger partial charge on any atom is 0.225 e. The minimum absolute atomic E-state index is 0.00479. The number of amides is 1. The van der Waals surface area contributed by atoms with E-state index in [1.165, 1.54) is 7.11 Å². The second-order valence-electron chi connectivity index (χ2n) is 5.98. The van der Waals surface area contributed by atoms with Crippen LogP contribution in [0, 0.1) is 0 Å². The van der Waals surface area contributed by atoms with Crippen LogP contribution in [0.1, 0.15) is 23.5 Å². The van der Waals surface area contributed by atoms with E-state index in [0.717, 1.165) is 27.6 Å². The van der Waals surface area contributed by atoms with E-state index in [9.17, 15) is 9.90 Å². The summed E-state index contributed by atoms with van der Waals surface area (Å²) in [5.41, 5.74) is 2.92. The normalized spacial score (nSPS) is 16.5. The number of anilines is 1. The molecule has 0 saturated carbocycles. The number of phenolic OH excluding ortho intramolecular Hbond substituents is 1. The Balaban J connectivity index is 1.95. The van der Waals surface area contributed by atoms with Gasteiger partial charge in [0.2, 0.25) is 5.91 Å². The SMILES string of the molecule is COc1cc([C@H]2CC(=O)Nc3ccc4ccccc4c32)ccc1O.